The maximum absolute atomic E-state index is 9.91. The van der Waals surface area contributed by atoms with Gasteiger partial charge in [-0.05, 0) is 43.2 Å². The summed E-state index contributed by atoms with van der Waals surface area (Å²) >= 11 is 0. The normalized spacial score (nSPS) is 11.4. The zero-order valence-electron chi connectivity index (χ0n) is 11.9. The van der Waals surface area contributed by atoms with Crippen LogP contribution in [0.2, 0.25) is 0 Å². The van der Waals surface area contributed by atoms with Gasteiger partial charge in [-0.2, -0.15) is 0 Å². The zero-order valence-corrected chi connectivity index (χ0v) is 11.9. The molecule has 0 fully saturated rings. The van der Waals surface area contributed by atoms with Crippen LogP contribution in [0, 0.1) is 5.41 Å². The molecule has 0 aliphatic carbocycles. The molecule has 0 aromatic heterocycles. The lowest BCUT2D eigenvalue weighted by Gasteiger charge is -2.07. The Morgan fingerprint density at radius 3 is 2.62 bits per heavy atom. The topological polar surface area (TPSA) is 96.1 Å². The molecule has 0 unspecified atom stereocenters. The molecule has 0 saturated heterocycles. The molecule has 0 spiro atoms. The van der Waals surface area contributed by atoms with Crippen molar-refractivity contribution < 1.29 is 5.11 Å². The third-order valence-electron chi connectivity index (χ3n) is 3.26. The zero-order chi connectivity index (χ0) is 15.4. The molecule has 2 aromatic rings. The third kappa shape index (κ3) is 3.63. The van der Waals surface area contributed by atoms with E-state index >= 15 is 0 Å². The van der Waals surface area contributed by atoms with Crippen LogP contribution in [0.15, 0.2) is 48.0 Å². The van der Waals surface area contributed by atoms with Crippen LogP contribution in [0.4, 0.5) is 5.69 Å². The molecule has 108 valence electrons. The van der Waals surface area contributed by atoms with E-state index in [0.29, 0.717) is 17.5 Å². The first kappa shape index (κ1) is 14.7. The average molecular weight is 281 g/mol. The van der Waals surface area contributed by atoms with Gasteiger partial charge >= 0.3 is 0 Å². The van der Waals surface area contributed by atoms with Gasteiger partial charge in [-0.1, -0.05) is 29.8 Å². The summed E-state index contributed by atoms with van der Waals surface area (Å²) in [7, 11) is 0. The van der Waals surface area contributed by atoms with Gasteiger partial charge < -0.3 is 16.6 Å². The maximum Gasteiger partial charge on any atom is 0.122 e. The van der Waals surface area contributed by atoms with Gasteiger partial charge in [-0.25, -0.2) is 0 Å². The minimum atomic E-state index is -0.0189. The van der Waals surface area contributed by atoms with Gasteiger partial charge in [0.25, 0.3) is 0 Å². The van der Waals surface area contributed by atoms with E-state index in [4.69, 9.17) is 16.9 Å². The highest BCUT2D eigenvalue weighted by Gasteiger charge is 2.04. The molecule has 0 saturated carbocycles. The Hall–Kier alpha value is -2.75. The molecular formula is C17H19N3O. The highest BCUT2D eigenvalue weighted by Crippen LogP contribution is 2.23. The second-order valence-corrected chi connectivity index (χ2v) is 5.05. The summed E-state index contributed by atoms with van der Waals surface area (Å²) in [5.41, 5.74) is 15.5. The molecule has 0 aliphatic rings. The average Bonchev–Trinajstić information content (AvgIpc) is 2.43. The predicted octanol–water partition coefficient (Wildman–Crippen LogP) is 2.90. The van der Waals surface area contributed by atoms with Crippen LogP contribution in [-0.4, -0.2) is 10.9 Å². The van der Waals surface area contributed by atoms with Gasteiger partial charge in [-0.15, -0.1) is 0 Å². The number of allylic oxidation sites excluding steroid dienone is 1. The molecule has 0 radical (unpaired) electrons. The van der Waals surface area contributed by atoms with E-state index in [1.165, 1.54) is 0 Å². The predicted molar refractivity (Wildman–Crippen MR) is 87.3 cm³/mol. The fourth-order valence-electron chi connectivity index (χ4n) is 2.15. The van der Waals surface area contributed by atoms with Crippen molar-refractivity contribution in [1.82, 2.24) is 0 Å². The van der Waals surface area contributed by atoms with E-state index in [2.05, 4.69) is 0 Å². The first-order valence-electron chi connectivity index (χ1n) is 6.65. The van der Waals surface area contributed by atoms with Gasteiger partial charge in [-0.3, -0.25) is 5.41 Å². The minimum absolute atomic E-state index is 0.0189. The highest BCUT2D eigenvalue weighted by atomic mass is 16.3. The van der Waals surface area contributed by atoms with Crippen molar-refractivity contribution in [2.45, 2.75) is 13.3 Å². The van der Waals surface area contributed by atoms with Crippen LogP contribution in [0.25, 0.3) is 6.08 Å². The third-order valence-corrected chi connectivity index (χ3v) is 3.26. The van der Waals surface area contributed by atoms with Crippen molar-refractivity contribution in [3.8, 4) is 5.75 Å². The minimum Gasteiger partial charge on any atom is -0.507 e. The lowest BCUT2D eigenvalue weighted by atomic mass is 10.0. The van der Waals surface area contributed by atoms with Crippen molar-refractivity contribution in [3.63, 3.8) is 0 Å². The SMILES string of the molecule is CC(=Cc1cc(C(=N)N)ccc1O)Cc1ccccc1N. The second-order valence-electron chi connectivity index (χ2n) is 5.05. The van der Waals surface area contributed by atoms with Crippen LogP contribution in [0.1, 0.15) is 23.6 Å². The van der Waals surface area contributed by atoms with Crippen LogP contribution in [-0.2, 0) is 6.42 Å². The number of rotatable bonds is 4. The number of hydrogen-bond acceptors (Lipinski definition) is 3. The second kappa shape index (κ2) is 6.13. The summed E-state index contributed by atoms with van der Waals surface area (Å²) in [5, 5.41) is 17.4. The van der Waals surface area contributed by atoms with Crippen molar-refractivity contribution >= 4 is 17.6 Å². The molecule has 0 heterocycles. The number of aromatic hydroxyl groups is 1. The smallest absolute Gasteiger partial charge is 0.122 e. The quantitative estimate of drug-likeness (QED) is 0.394. The van der Waals surface area contributed by atoms with Crippen molar-refractivity contribution in [3.05, 3.63) is 64.7 Å². The Balaban J connectivity index is 2.29. The maximum atomic E-state index is 9.91. The molecule has 0 aliphatic heterocycles. The number of phenolic OH excluding ortho intramolecular Hbond substituents is 1. The van der Waals surface area contributed by atoms with Crippen molar-refractivity contribution in [1.29, 1.82) is 5.41 Å². The van der Waals surface area contributed by atoms with E-state index in [0.717, 1.165) is 16.8 Å². The molecule has 21 heavy (non-hydrogen) atoms. The lowest BCUT2D eigenvalue weighted by Crippen LogP contribution is -2.10. The standard InChI is InChI=1S/C17H19N3O/c1-11(8-12-4-2-3-5-15(12)18)9-14-10-13(17(19)20)6-7-16(14)21/h2-7,9-10,21H,8,18H2,1H3,(H3,19,20). The largest absolute Gasteiger partial charge is 0.507 e. The van der Waals surface area contributed by atoms with Crippen LogP contribution in [0.3, 0.4) is 0 Å². The van der Waals surface area contributed by atoms with Crippen LogP contribution in [0.5, 0.6) is 5.75 Å². The van der Waals surface area contributed by atoms with E-state index in [1.54, 1.807) is 18.2 Å². The molecule has 2 rings (SSSR count). The van der Waals surface area contributed by atoms with E-state index in [9.17, 15) is 5.11 Å². The van der Waals surface area contributed by atoms with E-state index in [1.807, 2.05) is 37.3 Å². The Morgan fingerprint density at radius 1 is 1.24 bits per heavy atom. The van der Waals surface area contributed by atoms with Crippen LogP contribution < -0.4 is 11.5 Å². The summed E-state index contributed by atoms with van der Waals surface area (Å²) in [6.07, 6.45) is 2.59. The fraction of sp³-hybridized carbons (Fsp3) is 0.118. The number of para-hydroxylation sites is 1. The van der Waals surface area contributed by atoms with Crippen molar-refractivity contribution in [2.24, 2.45) is 5.73 Å². The summed E-state index contributed by atoms with van der Waals surface area (Å²) in [5.74, 6) is 0.148. The monoisotopic (exact) mass is 281 g/mol. The molecular weight excluding hydrogens is 262 g/mol. The van der Waals surface area contributed by atoms with Gasteiger partial charge in [0.1, 0.15) is 11.6 Å². The first-order valence-corrected chi connectivity index (χ1v) is 6.65. The Kier molecular flexibility index (Phi) is 4.28. The summed E-state index contributed by atoms with van der Waals surface area (Å²) in [6, 6.07) is 12.6. The lowest BCUT2D eigenvalue weighted by molar-refractivity contribution is 0.474. The van der Waals surface area contributed by atoms with E-state index in [-0.39, 0.29) is 11.6 Å². The molecule has 4 heteroatoms. The molecule has 4 nitrogen and oxygen atoms in total. The summed E-state index contributed by atoms with van der Waals surface area (Å²) < 4.78 is 0. The molecule has 2 aromatic carbocycles. The number of anilines is 1. The number of benzene rings is 2. The number of phenols is 1. The Morgan fingerprint density at radius 2 is 1.95 bits per heavy atom. The molecule has 0 amide bonds. The number of nitrogens with one attached hydrogen (secondary N) is 1. The van der Waals surface area contributed by atoms with Crippen molar-refractivity contribution in [2.75, 3.05) is 5.73 Å². The van der Waals surface area contributed by atoms with Gasteiger partial charge in [0, 0.05) is 16.8 Å². The Labute approximate surface area is 124 Å². The summed E-state index contributed by atoms with van der Waals surface area (Å²) in [4.78, 5) is 0. The van der Waals surface area contributed by atoms with Gasteiger partial charge in [0.05, 0.1) is 0 Å². The molecule has 0 atom stereocenters. The van der Waals surface area contributed by atoms with Crippen LogP contribution >= 0.6 is 0 Å². The fourth-order valence-corrected chi connectivity index (χ4v) is 2.15. The number of nitrogen functional groups attached to an aromatic ring is 2. The van der Waals surface area contributed by atoms with E-state index < -0.39 is 0 Å². The van der Waals surface area contributed by atoms with Gasteiger partial charge in [0.2, 0.25) is 0 Å². The number of nitrogens with two attached hydrogens (primary N) is 2. The summed E-state index contributed by atoms with van der Waals surface area (Å²) in [6.45, 7) is 1.98. The highest BCUT2D eigenvalue weighted by molar-refractivity contribution is 5.95. The molecule has 6 N–H and O–H groups in total. The first-order chi connectivity index (χ1) is 9.97. The molecule has 0 bridgehead atoms. The Bertz CT molecular complexity index is 705. The van der Waals surface area contributed by atoms with Gasteiger partial charge in [0.15, 0.2) is 0 Å². The number of hydrogen-bond donors (Lipinski definition) is 4. The number of amidine groups is 1.